The molecule has 1 aromatic heterocycles. The number of hydrogen-bond donors (Lipinski definition) is 0. The van der Waals surface area contributed by atoms with E-state index in [-0.39, 0.29) is 28.9 Å². The van der Waals surface area contributed by atoms with E-state index in [9.17, 15) is 4.79 Å². The second-order valence-corrected chi connectivity index (χ2v) is 10.3. The van der Waals surface area contributed by atoms with Crippen molar-refractivity contribution in [2.45, 2.75) is 72.3 Å². The van der Waals surface area contributed by atoms with Gasteiger partial charge in [0.25, 0.3) is 5.91 Å². The first-order valence-electron chi connectivity index (χ1n) is 10.8. The molecule has 1 heterocycles. The molecule has 0 saturated carbocycles. The molecule has 0 saturated heterocycles. The molecule has 0 bridgehead atoms. The van der Waals surface area contributed by atoms with E-state index in [1.54, 1.807) is 0 Å². The molecule has 5 nitrogen and oxygen atoms in total. The van der Waals surface area contributed by atoms with Crippen molar-refractivity contribution >= 4 is 5.91 Å². The molecule has 0 aliphatic carbocycles. The lowest BCUT2D eigenvalue weighted by Crippen LogP contribution is -2.17. The van der Waals surface area contributed by atoms with E-state index in [0.717, 1.165) is 5.56 Å². The number of rotatable bonds is 4. The zero-order valence-electron chi connectivity index (χ0n) is 19.9. The lowest BCUT2D eigenvalue weighted by Gasteiger charge is -2.19. The van der Waals surface area contributed by atoms with Crippen LogP contribution in [0.5, 0.6) is 6.01 Å². The Balaban J connectivity index is 2.02. The van der Waals surface area contributed by atoms with Crippen LogP contribution >= 0.6 is 0 Å². The molecule has 3 rings (SSSR count). The molecule has 3 aromatic rings. The van der Waals surface area contributed by atoms with Crippen LogP contribution in [-0.2, 0) is 10.8 Å². The number of ether oxygens (including phenoxy) is 1. The second-order valence-electron chi connectivity index (χ2n) is 10.3. The van der Waals surface area contributed by atoms with Gasteiger partial charge < -0.3 is 4.74 Å². The molecular formula is C26H33N3O2. The van der Waals surface area contributed by atoms with Crippen LogP contribution in [0.25, 0.3) is 11.4 Å². The van der Waals surface area contributed by atoms with Gasteiger partial charge in [-0.3, -0.25) is 4.79 Å². The summed E-state index contributed by atoms with van der Waals surface area (Å²) in [7, 11) is 0. The quantitative estimate of drug-likeness (QED) is 0.519. The topological polar surface area (TPSA) is 57.0 Å². The van der Waals surface area contributed by atoms with Gasteiger partial charge in [0.15, 0.2) is 5.82 Å². The molecule has 31 heavy (non-hydrogen) atoms. The van der Waals surface area contributed by atoms with Crippen LogP contribution in [0.1, 0.15) is 76.9 Å². The highest BCUT2D eigenvalue weighted by Crippen LogP contribution is 2.27. The number of hydrogen-bond acceptors (Lipinski definition) is 4. The fraction of sp³-hybridized carbons (Fsp3) is 0.423. The maximum absolute atomic E-state index is 13.3. The van der Waals surface area contributed by atoms with Gasteiger partial charge in [0.05, 0.1) is 6.10 Å². The molecule has 0 amide bonds. The molecule has 0 N–H and O–H groups in total. The predicted octanol–water partition coefficient (Wildman–Crippen LogP) is 6.02. The van der Waals surface area contributed by atoms with Crippen molar-refractivity contribution in [1.29, 1.82) is 0 Å². The van der Waals surface area contributed by atoms with Gasteiger partial charge in [-0.25, -0.2) is 0 Å². The zero-order chi connectivity index (χ0) is 23.0. The van der Waals surface area contributed by atoms with Gasteiger partial charge in [-0.05, 0) is 47.9 Å². The molecule has 0 unspecified atom stereocenters. The van der Waals surface area contributed by atoms with Crippen LogP contribution < -0.4 is 4.74 Å². The first-order valence-corrected chi connectivity index (χ1v) is 10.8. The SMILES string of the molecule is CC(C)Oc1nc(-c2ccc(C(C)(C)C)cc2)n(C(=O)c2ccc(C(C)(C)C)cc2)n1. The minimum atomic E-state index is -0.235. The standard InChI is InChI=1S/C26H33N3O2/c1-17(2)31-24-27-22(18-9-13-20(14-10-18)25(3,4)5)29(28-24)23(30)19-11-15-21(16-12-19)26(6,7)8/h9-17H,1-8H3. The molecule has 0 atom stereocenters. The van der Waals surface area contributed by atoms with Crippen molar-refractivity contribution in [1.82, 2.24) is 14.8 Å². The highest BCUT2D eigenvalue weighted by molar-refractivity contribution is 5.97. The summed E-state index contributed by atoms with van der Waals surface area (Å²) in [6.07, 6.45) is -0.0897. The van der Waals surface area contributed by atoms with Gasteiger partial charge in [0.2, 0.25) is 0 Å². The monoisotopic (exact) mass is 419 g/mol. The Morgan fingerprint density at radius 1 is 0.839 bits per heavy atom. The van der Waals surface area contributed by atoms with Gasteiger partial charge >= 0.3 is 6.01 Å². The van der Waals surface area contributed by atoms with E-state index in [2.05, 4.69) is 63.8 Å². The Hall–Kier alpha value is -2.95. The Morgan fingerprint density at radius 2 is 1.32 bits per heavy atom. The smallest absolute Gasteiger partial charge is 0.336 e. The molecule has 5 heteroatoms. The largest absolute Gasteiger partial charge is 0.460 e. The van der Waals surface area contributed by atoms with E-state index < -0.39 is 0 Å². The van der Waals surface area contributed by atoms with Crippen molar-refractivity contribution < 1.29 is 9.53 Å². The highest BCUT2D eigenvalue weighted by Gasteiger charge is 2.22. The predicted molar refractivity (Wildman–Crippen MR) is 125 cm³/mol. The molecule has 164 valence electrons. The summed E-state index contributed by atoms with van der Waals surface area (Å²) in [6.45, 7) is 16.8. The number of benzene rings is 2. The van der Waals surface area contributed by atoms with Crippen molar-refractivity contribution in [2.75, 3.05) is 0 Å². The Morgan fingerprint density at radius 3 is 1.77 bits per heavy atom. The molecule has 0 aliphatic rings. The number of nitrogens with zero attached hydrogens (tertiary/aromatic N) is 3. The minimum absolute atomic E-state index is 0.0209. The second kappa shape index (κ2) is 8.29. The first kappa shape index (κ1) is 22.7. The molecule has 0 radical (unpaired) electrons. The van der Waals surface area contributed by atoms with Gasteiger partial charge in [0, 0.05) is 11.1 Å². The molecule has 2 aromatic carbocycles. The third-order valence-electron chi connectivity index (χ3n) is 5.13. The summed E-state index contributed by atoms with van der Waals surface area (Å²) < 4.78 is 7.03. The van der Waals surface area contributed by atoms with Crippen LogP contribution in [0.3, 0.4) is 0 Å². The highest BCUT2D eigenvalue weighted by atomic mass is 16.5. The maximum Gasteiger partial charge on any atom is 0.336 e. The van der Waals surface area contributed by atoms with E-state index in [0.29, 0.717) is 11.4 Å². The number of carbonyl (C=O) groups is 1. The molecule has 0 aliphatic heterocycles. The molecule has 0 spiro atoms. The summed E-state index contributed by atoms with van der Waals surface area (Å²) in [6, 6.07) is 16.0. The van der Waals surface area contributed by atoms with E-state index in [1.807, 2.05) is 50.2 Å². The third-order valence-corrected chi connectivity index (χ3v) is 5.13. The van der Waals surface area contributed by atoms with Crippen LogP contribution in [0.4, 0.5) is 0 Å². The molecule has 0 fully saturated rings. The average Bonchev–Trinajstić information content (AvgIpc) is 3.09. The fourth-order valence-electron chi connectivity index (χ4n) is 3.24. The summed E-state index contributed by atoms with van der Waals surface area (Å²) in [5.74, 6) is 0.238. The first-order chi connectivity index (χ1) is 14.4. The van der Waals surface area contributed by atoms with Crippen LogP contribution in [0.2, 0.25) is 0 Å². The Bertz CT molecular complexity index is 1050. The summed E-state index contributed by atoms with van der Waals surface area (Å²) in [5, 5.41) is 4.38. The third kappa shape index (κ3) is 5.22. The number of aromatic nitrogens is 3. The van der Waals surface area contributed by atoms with Gasteiger partial charge in [-0.1, -0.05) is 77.9 Å². The normalized spacial score (nSPS) is 12.3. The van der Waals surface area contributed by atoms with Gasteiger partial charge in [0.1, 0.15) is 0 Å². The van der Waals surface area contributed by atoms with Gasteiger partial charge in [-0.15, -0.1) is 5.10 Å². The fourth-order valence-corrected chi connectivity index (χ4v) is 3.24. The molecular weight excluding hydrogens is 386 g/mol. The zero-order valence-corrected chi connectivity index (χ0v) is 19.9. The van der Waals surface area contributed by atoms with E-state index in [4.69, 9.17) is 4.74 Å². The van der Waals surface area contributed by atoms with E-state index >= 15 is 0 Å². The van der Waals surface area contributed by atoms with Crippen LogP contribution in [0, 0.1) is 0 Å². The summed E-state index contributed by atoms with van der Waals surface area (Å²) in [4.78, 5) is 17.9. The van der Waals surface area contributed by atoms with Crippen LogP contribution in [-0.4, -0.2) is 26.8 Å². The summed E-state index contributed by atoms with van der Waals surface area (Å²) in [5.41, 5.74) is 3.82. The van der Waals surface area contributed by atoms with Gasteiger partial charge in [-0.2, -0.15) is 9.67 Å². The van der Waals surface area contributed by atoms with E-state index in [1.165, 1.54) is 15.8 Å². The lowest BCUT2D eigenvalue weighted by molar-refractivity contribution is 0.0943. The number of carbonyl (C=O) groups excluding carboxylic acids is 1. The maximum atomic E-state index is 13.3. The average molecular weight is 420 g/mol. The Kier molecular flexibility index (Phi) is 6.08. The van der Waals surface area contributed by atoms with Crippen LogP contribution in [0.15, 0.2) is 48.5 Å². The van der Waals surface area contributed by atoms with Crippen molar-refractivity contribution in [3.63, 3.8) is 0 Å². The summed E-state index contributed by atoms with van der Waals surface area (Å²) >= 11 is 0. The minimum Gasteiger partial charge on any atom is -0.460 e. The van der Waals surface area contributed by atoms with Crippen molar-refractivity contribution in [2.24, 2.45) is 0 Å². The Labute approximate surface area is 185 Å². The van der Waals surface area contributed by atoms with Crippen molar-refractivity contribution in [3.8, 4) is 17.4 Å². The van der Waals surface area contributed by atoms with Crippen molar-refractivity contribution in [3.05, 3.63) is 65.2 Å². The lowest BCUT2D eigenvalue weighted by atomic mass is 9.86.